The Balaban J connectivity index is 2.69. The van der Waals surface area contributed by atoms with E-state index in [-0.39, 0.29) is 10.6 Å². The van der Waals surface area contributed by atoms with Crippen molar-refractivity contribution in [2.24, 2.45) is 5.73 Å². The second-order valence-corrected chi connectivity index (χ2v) is 9.05. The number of urea groups is 1. The second kappa shape index (κ2) is 6.92. The molecule has 23 heavy (non-hydrogen) atoms. The summed E-state index contributed by atoms with van der Waals surface area (Å²) in [7, 11) is -4.14. The first-order valence-electron chi connectivity index (χ1n) is 6.20. The van der Waals surface area contributed by atoms with Crippen LogP contribution in [0.5, 0.6) is 0 Å². The number of benzene rings is 2. The largest absolute Gasteiger partial charge is 0.350 e. The zero-order chi connectivity index (χ0) is 17.4. The molecule has 0 saturated heterocycles. The molecule has 0 unspecified atom stereocenters. The average Bonchev–Trinajstić information content (AvgIpc) is 2.42. The number of carbonyl (C=O) groups excluding carboxylic acids is 1. The lowest BCUT2D eigenvalue weighted by atomic mass is 10.2. The van der Waals surface area contributed by atoms with Gasteiger partial charge >= 0.3 is 6.03 Å². The molecule has 2 aromatic carbocycles. The van der Waals surface area contributed by atoms with Crippen molar-refractivity contribution < 1.29 is 13.2 Å². The van der Waals surface area contributed by atoms with Gasteiger partial charge < -0.3 is 5.73 Å². The van der Waals surface area contributed by atoms with Crippen molar-refractivity contribution >= 4 is 69.5 Å². The highest BCUT2D eigenvalue weighted by molar-refractivity contribution is 9.11. The van der Waals surface area contributed by atoms with Gasteiger partial charge in [0, 0.05) is 13.4 Å². The van der Waals surface area contributed by atoms with Gasteiger partial charge in [0.2, 0.25) is 0 Å². The van der Waals surface area contributed by atoms with Gasteiger partial charge in [-0.05, 0) is 63.0 Å². The lowest BCUT2D eigenvalue weighted by Gasteiger charge is -2.23. The Labute approximate surface area is 159 Å². The van der Waals surface area contributed by atoms with Gasteiger partial charge in [-0.25, -0.2) is 13.2 Å². The maximum absolute atomic E-state index is 12.8. The summed E-state index contributed by atoms with van der Waals surface area (Å²) in [5.41, 5.74) is 6.37. The van der Waals surface area contributed by atoms with Crippen LogP contribution in [-0.2, 0) is 10.0 Å². The van der Waals surface area contributed by atoms with Crippen molar-refractivity contribution in [2.75, 3.05) is 4.31 Å². The van der Waals surface area contributed by atoms with E-state index in [0.717, 1.165) is 5.56 Å². The minimum Gasteiger partial charge on any atom is -0.350 e. The maximum Gasteiger partial charge on any atom is 0.333 e. The van der Waals surface area contributed by atoms with E-state index >= 15 is 0 Å². The Morgan fingerprint density at radius 1 is 1.04 bits per heavy atom. The van der Waals surface area contributed by atoms with E-state index in [9.17, 15) is 13.2 Å². The monoisotopic (exact) mass is 524 g/mol. The van der Waals surface area contributed by atoms with Crippen molar-refractivity contribution in [1.29, 1.82) is 0 Å². The Bertz CT molecular complexity index is 844. The first kappa shape index (κ1) is 18.4. The molecule has 5 nitrogen and oxygen atoms in total. The topological polar surface area (TPSA) is 80.5 Å². The zero-order valence-electron chi connectivity index (χ0n) is 11.8. The van der Waals surface area contributed by atoms with Crippen molar-refractivity contribution in [3.05, 3.63) is 55.4 Å². The fourth-order valence-electron chi connectivity index (χ4n) is 1.89. The molecule has 2 N–H and O–H groups in total. The number of nitrogens with zero attached hydrogens (tertiary/aromatic N) is 1. The second-order valence-electron chi connectivity index (χ2n) is 4.64. The molecule has 0 radical (unpaired) electrons. The SMILES string of the molecule is Cc1ccc(S(=O)(=O)N(C(N)=O)c2c(Br)cc(Br)cc2Br)cc1. The number of nitrogens with two attached hydrogens (primary N) is 1. The molecule has 0 atom stereocenters. The van der Waals surface area contributed by atoms with Gasteiger partial charge in [0.25, 0.3) is 10.0 Å². The molecule has 0 heterocycles. The molecule has 0 aliphatic rings. The van der Waals surface area contributed by atoms with Crippen LogP contribution >= 0.6 is 47.8 Å². The van der Waals surface area contributed by atoms with E-state index in [1.165, 1.54) is 12.1 Å². The molecule has 0 fully saturated rings. The van der Waals surface area contributed by atoms with Gasteiger partial charge in [0.15, 0.2) is 0 Å². The summed E-state index contributed by atoms with van der Waals surface area (Å²) in [6, 6.07) is 8.31. The molecular weight excluding hydrogens is 516 g/mol. The van der Waals surface area contributed by atoms with E-state index in [1.54, 1.807) is 24.3 Å². The molecule has 2 amide bonds. The smallest absolute Gasteiger partial charge is 0.333 e. The summed E-state index contributed by atoms with van der Waals surface area (Å²) in [6.07, 6.45) is 0. The summed E-state index contributed by atoms with van der Waals surface area (Å²) in [4.78, 5) is 11.9. The Kier molecular flexibility index (Phi) is 5.55. The third-order valence-electron chi connectivity index (χ3n) is 2.94. The predicted octanol–water partition coefficient (Wildman–Crippen LogP) is 4.56. The number of anilines is 1. The number of rotatable bonds is 3. The Morgan fingerprint density at radius 3 is 1.96 bits per heavy atom. The van der Waals surface area contributed by atoms with Crippen LogP contribution in [0.3, 0.4) is 0 Å². The average molecular weight is 527 g/mol. The lowest BCUT2D eigenvalue weighted by molar-refractivity contribution is 0.257. The summed E-state index contributed by atoms with van der Waals surface area (Å²) in [6.45, 7) is 1.84. The number of carbonyl (C=O) groups is 1. The third kappa shape index (κ3) is 3.78. The first-order valence-corrected chi connectivity index (χ1v) is 10.0. The van der Waals surface area contributed by atoms with Crippen LogP contribution in [-0.4, -0.2) is 14.4 Å². The highest BCUT2D eigenvalue weighted by atomic mass is 79.9. The fourth-order valence-corrected chi connectivity index (χ4v) is 6.11. The lowest BCUT2D eigenvalue weighted by Crippen LogP contribution is -2.41. The zero-order valence-corrected chi connectivity index (χ0v) is 17.3. The van der Waals surface area contributed by atoms with Crippen LogP contribution in [0.25, 0.3) is 0 Å². The van der Waals surface area contributed by atoms with Gasteiger partial charge in [0.05, 0.1) is 10.6 Å². The molecular formula is C14H11Br3N2O3S. The number of primary amides is 1. The van der Waals surface area contributed by atoms with Crippen LogP contribution in [0.1, 0.15) is 5.56 Å². The number of hydrogen-bond donors (Lipinski definition) is 1. The molecule has 9 heteroatoms. The first-order chi connectivity index (χ1) is 10.6. The van der Waals surface area contributed by atoms with Crippen molar-refractivity contribution in [3.8, 4) is 0 Å². The quantitative estimate of drug-likeness (QED) is 0.637. The minimum absolute atomic E-state index is 0.0244. The van der Waals surface area contributed by atoms with Crippen molar-refractivity contribution in [3.63, 3.8) is 0 Å². The van der Waals surface area contributed by atoms with E-state index in [1.807, 2.05) is 6.92 Å². The van der Waals surface area contributed by atoms with Crippen LogP contribution in [0.2, 0.25) is 0 Å². The van der Waals surface area contributed by atoms with Gasteiger partial charge in [-0.15, -0.1) is 0 Å². The summed E-state index contributed by atoms with van der Waals surface area (Å²) in [5.74, 6) is 0. The Morgan fingerprint density at radius 2 is 1.52 bits per heavy atom. The van der Waals surface area contributed by atoms with Gasteiger partial charge in [-0.2, -0.15) is 4.31 Å². The van der Waals surface area contributed by atoms with Gasteiger partial charge in [-0.3, -0.25) is 0 Å². The fraction of sp³-hybridized carbons (Fsp3) is 0.0714. The minimum atomic E-state index is -4.14. The molecule has 2 rings (SSSR count). The summed E-state index contributed by atoms with van der Waals surface area (Å²) < 4.78 is 27.8. The van der Waals surface area contributed by atoms with Crippen LogP contribution < -0.4 is 10.0 Å². The van der Waals surface area contributed by atoms with Crippen LogP contribution in [0.4, 0.5) is 10.5 Å². The molecule has 0 aliphatic carbocycles. The van der Waals surface area contributed by atoms with Gasteiger partial charge in [0.1, 0.15) is 0 Å². The van der Waals surface area contributed by atoms with Crippen LogP contribution in [0, 0.1) is 6.92 Å². The van der Waals surface area contributed by atoms with Crippen molar-refractivity contribution in [1.82, 2.24) is 0 Å². The van der Waals surface area contributed by atoms with E-state index in [4.69, 9.17) is 5.73 Å². The van der Waals surface area contributed by atoms with E-state index in [2.05, 4.69) is 47.8 Å². The Hall–Kier alpha value is -0.900. The molecule has 0 aromatic heterocycles. The normalized spacial score (nSPS) is 11.3. The molecule has 122 valence electrons. The van der Waals surface area contributed by atoms with E-state index in [0.29, 0.717) is 17.7 Å². The molecule has 0 spiro atoms. The summed E-state index contributed by atoms with van der Waals surface area (Å²) in [5, 5.41) is 0. The molecule has 2 aromatic rings. The maximum atomic E-state index is 12.8. The van der Waals surface area contributed by atoms with Crippen LogP contribution in [0.15, 0.2) is 54.7 Å². The van der Waals surface area contributed by atoms with Crippen molar-refractivity contribution in [2.45, 2.75) is 11.8 Å². The number of hydrogen-bond acceptors (Lipinski definition) is 3. The summed E-state index contributed by atoms with van der Waals surface area (Å²) >= 11 is 9.83. The predicted molar refractivity (Wildman–Crippen MR) is 100.0 cm³/mol. The highest BCUT2D eigenvalue weighted by Gasteiger charge is 2.32. The van der Waals surface area contributed by atoms with E-state index < -0.39 is 16.1 Å². The number of halogens is 3. The van der Waals surface area contributed by atoms with Gasteiger partial charge in [-0.1, -0.05) is 33.6 Å². The number of aryl methyl sites for hydroxylation is 1. The number of sulfonamides is 1. The molecule has 0 saturated carbocycles. The molecule has 0 bridgehead atoms. The number of amides is 2. The molecule has 0 aliphatic heterocycles. The standard InChI is InChI=1S/C14H11Br3N2O3S/c1-8-2-4-10(5-3-8)23(21,22)19(14(18)20)13-11(16)6-9(15)7-12(13)17/h2-7H,1H3,(H2,18,20). The third-order valence-corrected chi connectivity index (χ3v) is 6.32. The highest BCUT2D eigenvalue weighted by Crippen LogP contribution is 2.39.